The number of aromatic nitrogens is 1. The standard InChI is InChI=1S/C30H34N2O9/c1-37-24-12-26(39-3)25(38-2)10-20(24)21(11-28(35)40-4)30-29(36)23(33)9-19(41-30)16-31-13-17-8-18(15-31)22-6-5-7-27(34)32(22)14-17/h5-7,9-10,12,17-18,21,36H,8,11,13-16H2,1-4H3/t17-,18+,21-/m0/s1. The summed E-state index contributed by atoms with van der Waals surface area (Å²) in [5.74, 6) is -0.221. The molecular weight excluding hydrogens is 532 g/mol. The largest absolute Gasteiger partial charge is 0.502 e. The minimum atomic E-state index is -0.927. The summed E-state index contributed by atoms with van der Waals surface area (Å²) in [6, 6.07) is 9.90. The lowest BCUT2D eigenvalue weighted by Crippen LogP contribution is -2.46. The molecule has 2 aromatic heterocycles. The lowest BCUT2D eigenvalue weighted by molar-refractivity contribution is -0.140. The van der Waals surface area contributed by atoms with E-state index in [1.165, 1.54) is 34.5 Å². The number of hydrogen-bond acceptors (Lipinski definition) is 10. The van der Waals surface area contributed by atoms with E-state index >= 15 is 0 Å². The molecule has 0 aliphatic carbocycles. The molecule has 0 saturated carbocycles. The quantitative estimate of drug-likeness (QED) is 0.386. The molecular formula is C30H34N2O9. The number of likely N-dealkylation sites (tertiary alicyclic amines) is 1. The number of carbonyl (C=O) groups excluding carboxylic acids is 1. The summed E-state index contributed by atoms with van der Waals surface area (Å²) >= 11 is 0. The molecule has 41 heavy (non-hydrogen) atoms. The SMILES string of the molecule is COC(=O)C[C@@H](c1cc(OC)c(OC)cc1OC)c1oc(CN2C[C@@H]3C[C@H](C2)c2cccc(=O)n2C3)cc(=O)c1O. The lowest BCUT2D eigenvalue weighted by Gasteiger charge is -2.42. The Balaban J connectivity index is 1.51. The van der Waals surface area contributed by atoms with Crippen LogP contribution in [-0.2, 0) is 22.6 Å². The van der Waals surface area contributed by atoms with Gasteiger partial charge < -0.3 is 33.0 Å². The summed E-state index contributed by atoms with van der Waals surface area (Å²) < 4.78 is 29.4. The summed E-state index contributed by atoms with van der Waals surface area (Å²) in [4.78, 5) is 40.1. The molecule has 2 aliphatic heterocycles. The van der Waals surface area contributed by atoms with Gasteiger partial charge in [-0.3, -0.25) is 19.3 Å². The molecule has 0 spiro atoms. The van der Waals surface area contributed by atoms with Crippen LogP contribution in [0.5, 0.6) is 23.0 Å². The number of piperidine rings is 1. The van der Waals surface area contributed by atoms with Gasteiger partial charge in [0.15, 0.2) is 17.3 Å². The first kappa shape index (κ1) is 28.3. The molecule has 5 rings (SSSR count). The van der Waals surface area contributed by atoms with E-state index in [9.17, 15) is 19.5 Å². The van der Waals surface area contributed by atoms with Gasteiger partial charge >= 0.3 is 5.97 Å². The van der Waals surface area contributed by atoms with Gasteiger partial charge in [-0.15, -0.1) is 0 Å². The molecule has 1 saturated heterocycles. The van der Waals surface area contributed by atoms with Gasteiger partial charge in [-0.25, -0.2) is 0 Å². The maximum Gasteiger partial charge on any atom is 0.306 e. The highest BCUT2D eigenvalue weighted by Gasteiger charge is 2.35. The molecule has 11 nitrogen and oxygen atoms in total. The van der Waals surface area contributed by atoms with Crippen LogP contribution >= 0.6 is 0 Å². The zero-order valence-corrected chi connectivity index (χ0v) is 23.5. The van der Waals surface area contributed by atoms with Crippen LogP contribution in [0.25, 0.3) is 0 Å². The van der Waals surface area contributed by atoms with E-state index in [1.54, 1.807) is 24.3 Å². The first-order valence-electron chi connectivity index (χ1n) is 13.4. The van der Waals surface area contributed by atoms with Crippen molar-refractivity contribution in [3.8, 4) is 23.0 Å². The number of esters is 1. The number of aromatic hydroxyl groups is 1. The molecule has 1 N–H and O–H groups in total. The van der Waals surface area contributed by atoms with Crippen molar-refractivity contribution < 1.29 is 33.3 Å². The molecule has 3 aromatic rings. The molecule has 2 aliphatic rings. The number of nitrogens with zero attached hydrogens (tertiary/aromatic N) is 2. The fourth-order valence-electron chi connectivity index (χ4n) is 6.13. The van der Waals surface area contributed by atoms with Gasteiger partial charge in [-0.1, -0.05) is 6.07 Å². The Hall–Kier alpha value is -4.25. The number of fused-ring (bicyclic) bond motifs is 4. The van der Waals surface area contributed by atoms with Crippen molar-refractivity contribution in [3.63, 3.8) is 0 Å². The van der Waals surface area contributed by atoms with Crippen molar-refractivity contribution in [1.82, 2.24) is 9.47 Å². The van der Waals surface area contributed by atoms with Gasteiger partial charge in [-0.05, 0) is 24.5 Å². The van der Waals surface area contributed by atoms with Gasteiger partial charge in [0.1, 0.15) is 11.5 Å². The van der Waals surface area contributed by atoms with Crippen LogP contribution in [0.3, 0.4) is 0 Å². The molecule has 0 unspecified atom stereocenters. The average molecular weight is 567 g/mol. The topological polar surface area (TPSA) is 130 Å². The zero-order chi connectivity index (χ0) is 29.3. The third-order valence-corrected chi connectivity index (χ3v) is 7.96. The predicted molar refractivity (Wildman–Crippen MR) is 148 cm³/mol. The number of carbonyl (C=O) groups is 1. The smallest absolute Gasteiger partial charge is 0.306 e. The van der Waals surface area contributed by atoms with Gasteiger partial charge in [0.25, 0.3) is 5.56 Å². The van der Waals surface area contributed by atoms with Crippen LogP contribution in [0.1, 0.15) is 47.5 Å². The van der Waals surface area contributed by atoms with Crippen molar-refractivity contribution >= 4 is 5.97 Å². The summed E-state index contributed by atoms with van der Waals surface area (Å²) in [7, 11) is 5.69. The summed E-state index contributed by atoms with van der Waals surface area (Å²) in [6.07, 6.45) is 0.757. The predicted octanol–water partition coefficient (Wildman–Crippen LogP) is 2.85. The number of rotatable bonds is 9. The first-order chi connectivity index (χ1) is 19.8. The van der Waals surface area contributed by atoms with E-state index in [0.717, 1.165) is 18.7 Å². The van der Waals surface area contributed by atoms with Crippen molar-refractivity contribution in [3.05, 3.63) is 79.8 Å². The minimum Gasteiger partial charge on any atom is -0.502 e. The third kappa shape index (κ3) is 5.54. The monoisotopic (exact) mass is 566 g/mol. The number of ether oxygens (including phenoxy) is 4. The van der Waals surface area contributed by atoms with Crippen molar-refractivity contribution in [2.75, 3.05) is 41.5 Å². The molecule has 3 atom stereocenters. The second kappa shape index (κ2) is 11.7. The molecule has 218 valence electrons. The molecule has 1 fully saturated rings. The molecule has 1 aromatic carbocycles. The van der Waals surface area contributed by atoms with E-state index in [4.69, 9.17) is 23.4 Å². The van der Waals surface area contributed by atoms with E-state index in [-0.39, 0.29) is 29.6 Å². The maximum atomic E-state index is 13.0. The van der Waals surface area contributed by atoms with E-state index < -0.39 is 23.1 Å². The van der Waals surface area contributed by atoms with Crippen LogP contribution in [-0.4, -0.2) is 62.1 Å². The molecule has 0 radical (unpaired) electrons. The Morgan fingerprint density at radius 1 is 1.00 bits per heavy atom. The van der Waals surface area contributed by atoms with Crippen LogP contribution in [0, 0.1) is 5.92 Å². The van der Waals surface area contributed by atoms with Gasteiger partial charge in [0.05, 0.1) is 47.3 Å². The van der Waals surface area contributed by atoms with Gasteiger partial charge in [0, 0.05) is 55.0 Å². The Labute approximate surface area is 236 Å². The van der Waals surface area contributed by atoms with Gasteiger partial charge in [-0.2, -0.15) is 0 Å². The lowest BCUT2D eigenvalue weighted by atomic mass is 9.83. The fourth-order valence-corrected chi connectivity index (χ4v) is 6.13. The van der Waals surface area contributed by atoms with E-state index in [1.807, 2.05) is 10.6 Å². The molecule has 0 amide bonds. The normalized spacial score (nSPS) is 18.7. The molecule has 4 heterocycles. The highest BCUT2D eigenvalue weighted by atomic mass is 16.5. The Morgan fingerprint density at radius 2 is 1.73 bits per heavy atom. The van der Waals surface area contributed by atoms with Crippen LogP contribution in [0.4, 0.5) is 0 Å². The summed E-state index contributed by atoms with van der Waals surface area (Å²) in [5, 5.41) is 10.9. The fraction of sp³-hybridized carbons (Fsp3) is 0.433. The second-order valence-electron chi connectivity index (χ2n) is 10.5. The van der Waals surface area contributed by atoms with Crippen LogP contribution in [0.2, 0.25) is 0 Å². The Morgan fingerprint density at radius 3 is 2.44 bits per heavy atom. The number of hydrogen-bond donors (Lipinski definition) is 1. The number of benzene rings is 1. The highest BCUT2D eigenvalue weighted by Crippen LogP contribution is 2.43. The molecule has 2 bridgehead atoms. The summed E-state index contributed by atoms with van der Waals surface area (Å²) in [5.41, 5.74) is 0.859. The summed E-state index contributed by atoms with van der Waals surface area (Å²) in [6.45, 7) is 2.38. The zero-order valence-electron chi connectivity index (χ0n) is 23.5. The minimum absolute atomic E-state index is 0.0158. The molecule has 11 heteroatoms. The van der Waals surface area contributed by atoms with E-state index in [2.05, 4.69) is 4.90 Å². The maximum absolute atomic E-state index is 13.0. The number of pyridine rings is 1. The van der Waals surface area contributed by atoms with Crippen LogP contribution < -0.4 is 25.2 Å². The van der Waals surface area contributed by atoms with Crippen molar-refractivity contribution in [1.29, 1.82) is 0 Å². The van der Waals surface area contributed by atoms with Crippen molar-refractivity contribution in [2.24, 2.45) is 5.92 Å². The second-order valence-corrected chi connectivity index (χ2v) is 10.5. The Kier molecular flexibility index (Phi) is 8.07. The first-order valence-corrected chi connectivity index (χ1v) is 13.4. The van der Waals surface area contributed by atoms with Crippen molar-refractivity contribution in [2.45, 2.75) is 37.8 Å². The van der Waals surface area contributed by atoms with E-state index in [0.29, 0.717) is 48.2 Å². The third-order valence-electron chi connectivity index (χ3n) is 7.96. The highest BCUT2D eigenvalue weighted by molar-refractivity contribution is 5.72. The van der Waals surface area contributed by atoms with Crippen LogP contribution in [0.15, 0.2) is 50.4 Å². The number of methoxy groups -OCH3 is 4. The Bertz CT molecular complexity index is 1560. The average Bonchev–Trinajstić information content (AvgIpc) is 2.97. The van der Waals surface area contributed by atoms with Gasteiger partial charge in [0.2, 0.25) is 11.2 Å².